The van der Waals surface area contributed by atoms with Gasteiger partial charge in [0.2, 0.25) is 0 Å². The molecular formula is C24H27FN6O4. The van der Waals surface area contributed by atoms with Crippen molar-refractivity contribution in [3.05, 3.63) is 46.9 Å². The SMILES string of the molecule is N=C/C(C(=O)Nc1cc2c(cc1N1CCOCC1)C(=O)N([C@@H]1CCOC[C@H]1F)C2)=C1/N=CC=CN1. The summed E-state index contributed by atoms with van der Waals surface area (Å²) in [5.74, 6) is -0.445. The standard InChI is InChI=1S/C24H27FN6O4/c25-18-14-35-7-2-20(18)31-13-15-10-19(29-23(32)17(12-26)22-27-3-1-4-28-22)21(11-16(15)24(31)33)30-5-8-34-9-6-30/h1,3-4,10-12,18,20,26-27H,2,5-9,13-14H2,(H,29,32)/b22-17-,26-12?/t18-,20-/m1/s1. The third kappa shape index (κ3) is 4.56. The number of benzene rings is 1. The molecule has 0 aliphatic carbocycles. The fourth-order valence-electron chi connectivity index (χ4n) is 4.75. The fraction of sp³-hybridized carbons (Fsp3) is 0.417. The van der Waals surface area contributed by atoms with E-state index in [0.29, 0.717) is 56.3 Å². The van der Waals surface area contributed by atoms with Gasteiger partial charge in [-0.3, -0.25) is 9.59 Å². The fourth-order valence-corrected chi connectivity index (χ4v) is 4.75. The van der Waals surface area contributed by atoms with Crippen LogP contribution >= 0.6 is 0 Å². The minimum Gasteiger partial charge on any atom is -0.378 e. The Labute approximate surface area is 202 Å². The number of carbonyl (C=O) groups is 2. The molecule has 0 saturated carbocycles. The summed E-state index contributed by atoms with van der Waals surface area (Å²) in [5, 5.41) is 13.5. The zero-order valence-electron chi connectivity index (χ0n) is 19.1. The number of nitrogens with one attached hydrogen (secondary N) is 3. The van der Waals surface area contributed by atoms with Crippen LogP contribution in [0.4, 0.5) is 15.8 Å². The molecule has 0 bridgehead atoms. The molecule has 2 fully saturated rings. The number of hydrogen-bond donors (Lipinski definition) is 3. The number of allylic oxidation sites excluding steroid dienone is 1. The van der Waals surface area contributed by atoms with E-state index in [0.717, 1.165) is 11.8 Å². The molecule has 5 rings (SSSR count). The van der Waals surface area contributed by atoms with E-state index in [-0.39, 0.29) is 30.5 Å². The van der Waals surface area contributed by atoms with Gasteiger partial charge < -0.3 is 35.3 Å². The minimum atomic E-state index is -1.24. The van der Waals surface area contributed by atoms with Crippen LogP contribution in [0.2, 0.25) is 0 Å². The second-order valence-corrected chi connectivity index (χ2v) is 8.65. The maximum Gasteiger partial charge on any atom is 0.261 e. The van der Waals surface area contributed by atoms with Gasteiger partial charge in [0.25, 0.3) is 11.8 Å². The number of aliphatic imine (C=N–C) groups is 1. The van der Waals surface area contributed by atoms with Gasteiger partial charge in [0, 0.05) is 50.4 Å². The number of morpholine rings is 1. The molecule has 2 amide bonds. The van der Waals surface area contributed by atoms with E-state index in [1.54, 1.807) is 29.3 Å². The zero-order chi connectivity index (χ0) is 24.4. The van der Waals surface area contributed by atoms with Crippen LogP contribution in [-0.4, -0.2) is 80.9 Å². The van der Waals surface area contributed by atoms with Gasteiger partial charge in [-0.1, -0.05) is 0 Å². The summed E-state index contributed by atoms with van der Waals surface area (Å²) in [6.07, 6.45) is 5.00. The van der Waals surface area contributed by atoms with Crippen molar-refractivity contribution in [2.45, 2.75) is 25.2 Å². The third-order valence-electron chi connectivity index (χ3n) is 6.56. The molecule has 1 aromatic rings. The highest BCUT2D eigenvalue weighted by atomic mass is 19.1. The highest BCUT2D eigenvalue weighted by molar-refractivity contribution is 6.18. The van der Waals surface area contributed by atoms with Gasteiger partial charge in [-0.25, -0.2) is 9.38 Å². The van der Waals surface area contributed by atoms with E-state index >= 15 is 0 Å². The molecule has 0 spiro atoms. The molecule has 0 radical (unpaired) electrons. The van der Waals surface area contributed by atoms with Crippen molar-refractivity contribution in [3.8, 4) is 0 Å². The second kappa shape index (κ2) is 9.96. The first-order valence-electron chi connectivity index (χ1n) is 11.6. The van der Waals surface area contributed by atoms with Gasteiger partial charge in [-0.15, -0.1) is 0 Å². The van der Waals surface area contributed by atoms with Crippen molar-refractivity contribution >= 4 is 35.6 Å². The van der Waals surface area contributed by atoms with Crippen LogP contribution < -0.4 is 15.5 Å². The first-order chi connectivity index (χ1) is 17.1. The van der Waals surface area contributed by atoms with Gasteiger partial charge >= 0.3 is 0 Å². The number of rotatable bonds is 5. The zero-order valence-corrected chi connectivity index (χ0v) is 19.1. The lowest BCUT2D eigenvalue weighted by Gasteiger charge is -2.33. The average molecular weight is 483 g/mol. The summed E-state index contributed by atoms with van der Waals surface area (Å²) in [7, 11) is 0. The number of nitrogens with zero attached hydrogens (tertiary/aromatic N) is 3. The number of carbonyl (C=O) groups excluding carboxylic acids is 2. The molecule has 2 saturated heterocycles. The van der Waals surface area contributed by atoms with Crippen molar-refractivity contribution < 1.29 is 23.5 Å². The Morgan fingerprint density at radius 3 is 2.80 bits per heavy atom. The highest BCUT2D eigenvalue weighted by Gasteiger charge is 2.39. The minimum absolute atomic E-state index is 0.0160. The first-order valence-corrected chi connectivity index (χ1v) is 11.6. The lowest BCUT2D eigenvalue weighted by molar-refractivity contribution is -0.112. The summed E-state index contributed by atoms with van der Waals surface area (Å²) in [4.78, 5) is 34.2. The molecule has 4 aliphatic heterocycles. The first kappa shape index (κ1) is 23.2. The molecule has 2 atom stereocenters. The molecule has 4 heterocycles. The lowest BCUT2D eigenvalue weighted by atomic mass is 10.1. The predicted octanol–water partition coefficient (Wildman–Crippen LogP) is 1.59. The number of halogens is 1. The average Bonchev–Trinajstić information content (AvgIpc) is 3.20. The summed E-state index contributed by atoms with van der Waals surface area (Å²) in [6, 6.07) is 3.03. The van der Waals surface area contributed by atoms with Crippen molar-refractivity contribution in [2.24, 2.45) is 4.99 Å². The topological polar surface area (TPSA) is 119 Å². The maximum atomic E-state index is 14.6. The van der Waals surface area contributed by atoms with E-state index in [4.69, 9.17) is 14.9 Å². The maximum absolute atomic E-state index is 14.6. The van der Waals surface area contributed by atoms with Crippen LogP contribution in [0.25, 0.3) is 0 Å². The Morgan fingerprint density at radius 2 is 2.09 bits per heavy atom. The molecule has 0 unspecified atom stereocenters. The van der Waals surface area contributed by atoms with Gasteiger partial charge in [-0.05, 0) is 30.2 Å². The summed E-state index contributed by atoms with van der Waals surface area (Å²) < 4.78 is 25.3. The molecule has 4 aliphatic rings. The smallest absolute Gasteiger partial charge is 0.261 e. The van der Waals surface area contributed by atoms with E-state index in [1.165, 1.54) is 6.21 Å². The molecular weight excluding hydrogens is 455 g/mol. The Morgan fingerprint density at radius 1 is 1.26 bits per heavy atom. The Bertz CT molecular complexity index is 1130. The van der Waals surface area contributed by atoms with Crippen LogP contribution in [-0.2, 0) is 20.8 Å². The largest absolute Gasteiger partial charge is 0.378 e. The summed E-state index contributed by atoms with van der Waals surface area (Å²) >= 11 is 0. The van der Waals surface area contributed by atoms with E-state index < -0.39 is 18.1 Å². The number of alkyl halides is 1. The van der Waals surface area contributed by atoms with Crippen LogP contribution in [0, 0.1) is 5.41 Å². The molecule has 11 heteroatoms. The van der Waals surface area contributed by atoms with Crippen molar-refractivity contribution in [1.82, 2.24) is 10.2 Å². The van der Waals surface area contributed by atoms with Gasteiger partial charge in [0.15, 0.2) is 0 Å². The molecule has 35 heavy (non-hydrogen) atoms. The van der Waals surface area contributed by atoms with Crippen LogP contribution in [0.15, 0.2) is 40.8 Å². The lowest BCUT2D eigenvalue weighted by Crippen LogP contribution is -2.47. The molecule has 1 aromatic carbocycles. The molecule has 184 valence electrons. The Hall–Kier alpha value is -3.57. The normalized spacial score (nSPS) is 25.2. The van der Waals surface area contributed by atoms with Crippen LogP contribution in [0.1, 0.15) is 22.3 Å². The Balaban J connectivity index is 1.48. The van der Waals surface area contributed by atoms with E-state index in [2.05, 4.69) is 20.5 Å². The number of amides is 2. The van der Waals surface area contributed by atoms with Gasteiger partial charge in [0.05, 0.1) is 42.8 Å². The van der Waals surface area contributed by atoms with Crippen molar-refractivity contribution in [1.29, 1.82) is 5.41 Å². The summed E-state index contributed by atoms with van der Waals surface area (Å²) in [5.41, 5.74) is 2.51. The van der Waals surface area contributed by atoms with Crippen molar-refractivity contribution in [3.63, 3.8) is 0 Å². The summed E-state index contributed by atoms with van der Waals surface area (Å²) in [6.45, 7) is 2.91. The second-order valence-electron chi connectivity index (χ2n) is 8.65. The van der Waals surface area contributed by atoms with E-state index in [1.807, 2.05) is 0 Å². The van der Waals surface area contributed by atoms with Gasteiger partial charge in [0.1, 0.15) is 12.0 Å². The van der Waals surface area contributed by atoms with Crippen LogP contribution in [0.3, 0.4) is 0 Å². The highest BCUT2D eigenvalue weighted by Crippen LogP contribution is 2.37. The quantitative estimate of drug-likeness (QED) is 0.433. The number of anilines is 2. The van der Waals surface area contributed by atoms with E-state index in [9.17, 15) is 14.0 Å². The third-order valence-corrected chi connectivity index (χ3v) is 6.56. The van der Waals surface area contributed by atoms with Gasteiger partial charge in [-0.2, -0.15) is 0 Å². The van der Waals surface area contributed by atoms with Crippen LogP contribution in [0.5, 0.6) is 0 Å². The molecule has 0 aromatic heterocycles. The Kier molecular flexibility index (Phi) is 6.60. The number of ether oxygens (including phenoxy) is 2. The van der Waals surface area contributed by atoms with Crippen molar-refractivity contribution in [2.75, 3.05) is 49.7 Å². The number of fused-ring (bicyclic) bond motifs is 1. The molecule has 10 nitrogen and oxygen atoms in total. The predicted molar refractivity (Wildman–Crippen MR) is 129 cm³/mol. The monoisotopic (exact) mass is 482 g/mol. The molecule has 3 N–H and O–H groups in total. The number of hydrogen-bond acceptors (Lipinski definition) is 8.